The van der Waals surface area contributed by atoms with E-state index in [2.05, 4.69) is 20.2 Å². The summed E-state index contributed by atoms with van der Waals surface area (Å²) in [6, 6.07) is 2.03. The Balaban J connectivity index is 2.22. The molecule has 1 aromatic rings. The van der Waals surface area contributed by atoms with Gasteiger partial charge in [-0.2, -0.15) is 0 Å². The number of aromatic nitrogens is 2. The van der Waals surface area contributed by atoms with Gasteiger partial charge in [-0.05, 0) is 26.2 Å². The zero-order valence-corrected chi connectivity index (χ0v) is 9.45. The van der Waals surface area contributed by atoms with Gasteiger partial charge in [0.1, 0.15) is 17.5 Å². The summed E-state index contributed by atoms with van der Waals surface area (Å²) in [7, 11) is 1.89. The van der Waals surface area contributed by atoms with Crippen LogP contribution in [0.15, 0.2) is 6.07 Å². The Labute approximate surface area is 90.7 Å². The molecule has 2 heterocycles. The van der Waals surface area contributed by atoms with Crippen LogP contribution in [-0.4, -0.2) is 30.1 Å². The third kappa shape index (κ3) is 2.37. The highest BCUT2D eigenvalue weighted by Crippen LogP contribution is 2.19. The molecule has 1 aliphatic rings. The molecule has 1 aliphatic heterocycles. The first-order chi connectivity index (χ1) is 7.29. The number of rotatable bonds is 2. The van der Waals surface area contributed by atoms with Crippen LogP contribution in [0.4, 0.5) is 11.6 Å². The minimum atomic E-state index is 0.836. The molecule has 0 bridgehead atoms. The molecule has 0 aromatic carbocycles. The van der Waals surface area contributed by atoms with Crippen molar-refractivity contribution in [1.29, 1.82) is 0 Å². The van der Waals surface area contributed by atoms with Crippen molar-refractivity contribution in [2.45, 2.75) is 26.2 Å². The Morgan fingerprint density at radius 1 is 1.20 bits per heavy atom. The van der Waals surface area contributed by atoms with Crippen LogP contribution in [0.2, 0.25) is 0 Å². The second-order valence-electron chi connectivity index (χ2n) is 3.96. The van der Waals surface area contributed by atoms with Gasteiger partial charge in [0.05, 0.1) is 0 Å². The van der Waals surface area contributed by atoms with E-state index in [-0.39, 0.29) is 0 Å². The summed E-state index contributed by atoms with van der Waals surface area (Å²) in [6.45, 7) is 4.19. The molecule has 15 heavy (non-hydrogen) atoms. The first-order valence-corrected chi connectivity index (χ1v) is 5.58. The van der Waals surface area contributed by atoms with E-state index in [9.17, 15) is 0 Å². The van der Waals surface area contributed by atoms with Crippen LogP contribution in [0, 0.1) is 6.92 Å². The van der Waals surface area contributed by atoms with E-state index in [0.29, 0.717) is 0 Å². The Hall–Kier alpha value is -1.32. The predicted octanol–water partition coefficient (Wildman–Crippen LogP) is 1.82. The molecular weight excluding hydrogens is 188 g/mol. The highest BCUT2D eigenvalue weighted by Gasteiger charge is 2.13. The first kappa shape index (κ1) is 10.2. The van der Waals surface area contributed by atoms with Gasteiger partial charge < -0.3 is 10.2 Å². The van der Waals surface area contributed by atoms with E-state index in [4.69, 9.17) is 0 Å². The van der Waals surface area contributed by atoms with Gasteiger partial charge in [0, 0.05) is 26.2 Å². The predicted molar refractivity (Wildman–Crippen MR) is 62.4 cm³/mol. The Morgan fingerprint density at radius 3 is 2.60 bits per heavy atom. The fourth-order valence-corrected chi connectivity index (χ4v) is 1.97. The van der Waals surface area contributed by atoms with Crippen molar-refractivity contribution in [1.82, 2.24) is 9.97 Å². The van der Waals surface area contributed by atoms with E-state index in [1.54, 1.807) is 0 Å². The number of hydrogen-bond donors (Lipinski definition) is 1. The third-order valence-corrected chi connectivity index (χ3v) is 2.76. The minimum Gasteiger partial charge on any atom is -0.373 e. The number of nitrogens with zero attached hydrogens (tertiary/aromatic N) is 3. The molecule has 1 saturated heterocycles. The number of piperidine rings is 1. The highest BCUT2D eigenvalue weighted by molar-refractivity contribution is 5.49. The lowest BCUT2D eigenvalue weighted by atomic mass is 10.1. The fourth-order valence-electron chi connectivity index (χ4n) is 1.97. The molecule has 2 rings (SSSR count). The highest BCUT2D eigenvalue weighted by atomic mass is 15.2. The molecule has 0 unspecified atom stereocenters. The van der Waals surface area contributed by atoms with Crippen molar-refractivity contribution in [3.8, 4) is 0 Å². The molecule has 0 spiro atoms. The quantitative estimate of drug-likeness (QED) is 0.801. The largest absolute Gasteiger partial charge is 0.373 e. The fraction of sp³-hybridized carbons (Fsp3) is 0.636. The maximum Gasteiger partial charge on any atom is 0.134 e. The summed E-state index contributed by atoms with van der Waals surface area (Å²) in [4.78, 5) is 11.1. The van der Waals surface area contributed by atoms with Crippen LogP contribution in [0.3, 0.4) is 0 Å². The Bertz CT molecular complexity index is 331. The van der Waals surface area contributed by atoms with E-state index in [0.717, 1.165) is 30.5 Å². The van der Waals surface area contributed by atoms with Gasteiger partial charge in [-0.3, -0.25) is 0 Å². The summed E-state index contributed by atoms with van der Waals surface area (Å²) < 4.78 is 0. The number of aryl methyl sites for hydroxylation is 1. The van der Waals surface area contributed by atoms with Crippen molar-refractivity contribution >= 4 is 11.6 Å². The monoisotopic (exact) mass is 206 g/mol. The van der Waals surface area contributed by atoms with Crippen LogP contribution >= 0.6 is 0 Å². The molecule has 1 fully saturated rings. The average molecular weight is 206 g/mol. The summed E-state index contributed by atoms with van der Waals surface area (Å²) >= 11 is 0. The van der Waals surface area contributed by atoms with Gasteiger partial charge in [0.25, 0.3) is 0 Å². The van der Waals surface area contributed by atoms with Crippen molar-refractivity contribution in [2.75, 3.05) is 30.4 Å². The van der Waals surface area contributed by atoms with Gasteiger partial charge >= 0.3 is 0 Å². The van der Waals surface area contributed by atoms with Crippen molar-refractivity contribution in [2.24, 2.45) is 0 Å². The zero-order chi connectivity index (χ0) is 10.7. The number of hydrogen-bond acceptors (Lipinski definition) is 4. The molecule has 82 valence electrons. The summed E-state index contributed by atoms with van der Waals surface area (Å²) in [5.41, 5.74) is 0. The second kappa shape index (κ2) is 4.47. The van der Waals surface area contributed by atoms with Crippen LogP contribution in [0.5, 0.6) is 0 Å². The van der Waals surface area contributed by atoms with Gasteiger partial charge in [-0.1, -0.05) is 0 Å². The van der Waals surface area contributed by atoms with E-state index < -0.39 is 0 Å². The Kier molecular flexibility index (Phi) is 3.04. The molecule has 4 heteroatoms. The molecule has 1 N–H and O–H groups in total. The average Bonchev–Trinajstić information content (AvgIpc) is 2.29. The number of nitrogens with one attached hydrogen (secondary N) is 1. The minimum absolute atomic E-state index is 0.836. The van der Waals surface area contributed by atoms with E-state index in [1.807, 2.05) is 20.0 Å². The lowest BCUT2D eigenvalue weighted by molar-refractivity contribution is 0.572. The maximum atomic E-state index is 4.48. The SMILES string of the molecule is CNc1cc(N2CCCCC2)nc(C)n1. The molecule has 0 amide bonds. The van der Waals surface area contributed by atoms with Crippen LogP contribution < -0.4 is 10.2 Å². The molecular formula is C11H18N4. The van der Waals surface area contributed by atoms with Gasteiger partial charge in [-0.15, -0.1) is 0 Å². The molecule has 0 saturated carbocycles. The van der Waals surface area contributed by atoms with Crippen molar-refractivity contribution in [3.63, 3.8) is 0 Å². The summed E-state index contributed by atoms with van der Waals surface area (Å²) in [5.74, 6) is 2.80. The molecule has 0 aliphatic carbocycles. The summed E-state index contributed by atoms with van der Waals surface area (Å²) in [5, 5.41) is 3.07. The third-order valence-electron chi connectivity index (χ3n) is 2.76. The molecule has 1 aromatic heterocycles. The standard InChI is InChI=1S/C11H18N4/c1-9-13-10(12-2)8-11(14-9)15-6-4-3-5-7-15/h8H,3-7H2,1-2H3,(H,12,13,14). The van der Waals surface area contributed by atoms with Gasteiger partial charge in [-0.25, -0.2) is 9.97 Å². The van der Waals surface area contributed by atoms with Gasteiger partial charge in [0.15, 0.2) is 0 Å². The zero-order valence-electron chi connectivity index (χ0n) is 9.45. The van der Waals surface area contributed by atoms with Crippen molar-refractivity contribution < 1.29 is 0 Å². The van der Waals surface area contributed by atoms with E-state index >= 15 is 0 Å². The second-order valence-corrected chi connectivity index (χ2v) is 3.96. The van der Waals surface area contributed by atoms with Crippen LogP contribution in [0.25, 0.3) is 0 Å². The lowest BCUT2D eigenvalue weighted by Crippen LogP contribution is -2.30. The lowest BCUT2D eigenvalue weighted by Gasteiger charge is -2.28. The molecule has 0 atom stereocenters. The topological polar surface area (TPSA) is 41.0 Å². The molecule has 0 radical (unpaired) electrons. The molecule has 4 nitrogen and oxygen atoms in total. The smallest absolute Gasteiger partial charge is 0.134 e. The number of anilines is 2. The normalized spacial score (nSPS) is 16.5. The van der Waals surface area contributed by atoms with Crippen LogP contribution in [-0.2, 0) is 0 Å². The Morgan fingerprint density at radius 2 is 1.93 bits per heavy atom. The first-order valence-electron chi connectivity index (χ1n) is 5.58. The maximum absolute atomic E-state index is 4.48. The van der Waals surface area contributed by atoms with Crippen LogP contribution in [0.1, 0.15) is 25.1 Å². The van der Waals surface area contributed by atoms with Crippen molar-refractivity contribution in [3.05, 3.63) is 11.9 Å². The van der Waals surface area contributed by atoms with Gasteiger partial charge in [0.2, 0.25) is 0 Å². The van der Waals surface area contributed by atoms with E-state index in [1.165, 1.54) is 19.3 Å². The summed E-state index contributed by atoms with van der Waals surface area (Å²) in [6.07, 6.45) is 3.90.